The maximum Gasteiger partial charge on any atom is 0.104 e. The lowest BCUT2D eigenvalue weighted by Gasteiger charge is -2.33. The lowest BCUT2D eigenvalue weighted by molar-refractivity contribution is 0.735. The van der Waals surface area contributed by atoms with Crippen LogP contribution in [0.4, 0.5) is 11.4 Å². The number of hydrogen-bond donors (Lipinski definition) is 0. The molecule has 2 aliphatic rings. The van der Waals surface area contributed by atoms with Crippen molar-refractivity contribution in [3.05, 3.63) is 177 Å². The largest absolute Gasteiger partial charge is 0.331 e. The van der Waals surface area contributed by atoms with Gasteiger partial charge >= 0.3 is 0 Å². The number of rotatable bonds is 4. The Bertz CT molecular complexity index is 3180. The first-order valence-corrected chi connectivity index (χ1v) is 20.1. The van der Waals surface area contributed by atoms with Crippen LogP contribution in [0.15, 0.2) is 133 Å². The van der Waals surface area contributed by atoms with E-state index >= 15 is 0 Å². The molecule has 4 heterocycles. The summed E-state index contributed by atoms with van der Waals surface area (Å²) in [5, 5.41) is 39.0. The lowest BCUT2D eigenvalue weighted by atomic mass is 9.85. The summed E-state index contributed by atoms with van der Waals surface area (Å²) in [6.45, 7) is 4.23. The van der Waals surface area contributed by atoms with Gasteiger partial charge in [0.2, 0.25) is 0 Å². The molecule has 2 unspecified atom stereocenters. The Balaban J connectivity index is 1.34. The van der Waals surface area contributed by atoms with Gasteiger partial charge in [-0.1, -0.05) is 115 Å². The number of thiophene rings is 1. The van der Waals surface area contributed by atoms with Crippen molar-refractivity contribution in [2.24, 2.45) is 0 Å². The van der Waals surface area contributed by atoms with E-state index in [1.807, 2.05) is 97.1 Å². The molecule has 0 spiro atoms. The van der Waals surface area contributed by atoms with Gasteiger partial charge < -0.3 is 14.0 Å². The van der Waals surface area contributed by atoms with Gasteiger partial charge in [0, 0.05) is 42.9 Å². The van der Waals surface area contributed by atoms with E-state index in [4.69, 9.17) is 0 Å². The molecule has 11 rings (SSSR count). The normalized spacial score (nSPS) is 15.5. The summed E-state index contributed by atoms with van der Waals surface area (Å²) in [5.74, 6) is -0.0407. The fraction of sp³-hybridized carbons (Fsp3) is 0.0784. The van der Waals surface area contributed by atoms with E-state index in [-0.39, 0.29) is 28.7 Å². The molecule has 7 heteroatoms. The highest BCUT2D eigenvalue weighted by Gasteiger charge is 2.45. The second-order valence-electron chi connectivity index (χ2n) is 14.9. The molecule has 0 saturated carbocycles. The van der Waals surface area contributed by atoms with Crippen LogP contribution in [0.1, 0.15) is 56.0 Å². The lowest BCUT2D eigenvalue weighted by Crippen LogP contribution is -2.32. The van der Waals surface area contributed by atoms with Gasteiger partial charge in [-0.05, 0) is 60.9 Å². The van der Waals surface area contributed by atoms with Crippen molar-refractivity contribution in [1.82, 2.24) is 9.13 Å². The molecule has 58 heavy (non-hydrogen) atoms. The SMILES string of the molecule is C/C=C\c1c(C)sc2c1C=CC1C2c2ccccc2N1c1c(C#N)c(-n2c3ccccc3c3ccccc32)c(C#N)c(-n2c3ccccc3c3ccccc32)c1C#N. The van der Waals surface area contributed by atoms with Gasteiger partial charge in [0.15, 0.2) is 0 Å². The Morgan fingerprint density at radius 2 is 1.03 bits per heavy atom. The summed E-state index contributed by atoms with van der Waals surface area (Å²) in [6.07, 6.45) is 8.74. The molecule has 0 saturated heterocycles. The molecule has 9 aromatic rings. The molecule has 1 aliphatic heterocycles. The first kappa shape index (κ1) is 33.7. The van der Waals surface area contributed by atoms with E-state index < -0.39 is 0 Å². The van der Waals surface area contributed by atoms with E-state index in [1.165, 1.54) is 20.9 Å². The number of nitrogens with zero attached hydrogens (tertiary/aromatic N) is 6. The van der Waals surface area contributed by atoms with E-state index in [2.05, 4.69) is 106 Å². The summed E-state index contributed by atoms with van der Waals surface area (Å²) in [7, 11) is 0. The number of hydrogen-bond acceptors (Lipinski definition) is 5. The number of aromatic nitrogens is 2. The van der Waals surface area contributed by atoms with Crippen molar-refractivity contribution in [1.29, 1.82) is 15.8 Å². The van der Waals surface area contributed by atoms with Crippen molar-refractivity contribution in [2.75, 3.05) is 4.90 Å². The zero-order valence-electron chi connectivity index (χ0n) is 31.6. The van der Waals surface area contributed by atoms with Crippen molar-refractivity contribution in [2.45, 2.75) is 25.8 Å². The second-order valence-corrected chi connectivity index (χ2v) is 16.1. The zero-order valence-corrected chi connectivity index (χ0v) is 32.4. The van der Waals surface area contributed by atoms with E-state index in [0.717, 1.165) is 54.9 Å². The summed E-state index contributed by atoms with van der Waals surface area (Å²) in [5.41, 5.74) is 10.2. The minimum absolute atomic E-state index is 0.0407. The molecule has 3 aromatic heterocycles. The number of anilines is 2. The highest BCUT2D eigenvalue weighted by atomic mass is 32.1. The molecule has 6 nitrogen and oxygen atoms in total. The van der Waals surface area contributed by atoms with Crippen LogP contribution in [-0.2, 0) is 0 Å². The number of nitriles is 3. The van der Waals surface area contributed by atoms with Crippen molar-refractivity contribution in [3.8, 4) is 29.6 Å². The highest BCUT2D eigenvalue weighted by molar-refractivity contribution is 7.12. The van der Waals surface area contributed by atoms with E-state index in [1.54, 1.807) is 0 Å². The summed E-state index contributed by atoms with van der Waals surface area (Å²) in [4.78, 5) is 4.74. The molecule has 0 amide bonds. The third kappa shape index (κ3) is 4.38. The molecule has 6 aromatic carbocycles. The standard InChI is InChI=1S/C51H32N6S/c1-3-14-31-30(2)58-51-36(31)25-26-46-47(51)37-19-8-13-24-45(37)57(46)50-39(28-53)48(55-41-20-9-4-15-32(41)33-16-5-10-21-42(33)55)38(27-52)49(40(50)29-54)56-43-22-11-6-17-34(43)35-18-7-12-23-44(35)56/h3-26,46-47H,1-2H3/b14-3-. The third-order valence-electron chi connectivity index (χ3n) is 12.0. The second kappa shape index (κ2) is 12.7. The van der Waals surface area contributed by atoms with Crippen LogP contribution in [-0.4, -0.2) is 15.2 Å². The van der Waals surface area contributed by atoms with Crippen LogP contribution < -0.4 is 4.90 Å². The minimum atomic E-state index is -0.245. The molecule has 0 bridgehead atoms. The molecular weight excluding hydrogens is 729 g/mol. The zero-order chi connectivity index (χ0) is 39.2. The van der Waals surface area contributed by atoms with E-state index in [9.17, 15) is 15.8 Å². The van der Waals surface area contributed by atoms with Gasteiger partial charge in [0.05, 0.1) is 45.2 Å². The Hall–Kier alpha value is -7.63. The smallest absolute Gasteiger partial charge is 0.104 e. The van der Waals surface area contributed by atoms with Gasteiger partial charge in [-0.25, -0.2) is 0 Å². The summed E-state index contributed by atoms with van der Waals surface area (Å²) >= 11 is 1.82. The van der Waals surface area contributed by atoms with Crippen LogP contribution in [0.25, 0.3) is 67.1 Å². The highest BCUT2D eigenvalue weighted by Crippen LogP contribution is 2.57. The molecule has 1 aliphatic carbocycles. The predicted molar refractivity (Wildman–Crippen MR) is 236 cm³/mol. The quantitative estimate of drug-likeness (QED) is 0.179. The minimum Gasteiger partial charge on any atom is -0.331 e. The Labute approximate surface area is 338 Å². The Morgan fingerprint density at radius 1 is 0.586 bits per heavy atom. The average Bonchev–Trinajstić information content (AvgIpc) is 3.99. The molecular formula is C51H32N6S. The first-order valence-electron chi connectivity index (χ1n) is 19.3. The number of allylic oxidation sites excluding steroid dienone is 1. The number of para-hydroxylation sites is 5. The van der Waals surface area contributed by atoms with Gasteiger partial charge in [-0.3, -0.25) is 0 Å². The van der Waals surface area contributed by atoms with Gasteiger partial charge in [0.25, 0.3) is 0 Å². The monoisotopic (exact) mass is 760 g/mol. The number of benzene rings is 6. The van der Waals surface area contributed by atoms with Crippen molar-refractivity contribution in [3.63, 3.8) is 0 Å². The van der Waals surface area contributed by atoms with Crippen molar-refractivity contribution >= 4 is 78.5 Å². The molecule has 272 valence electrons. The predicted octanol–water partition coefficient (Wildman–Crippen LogP) is 12.6. The Kier molecular flexibility index (Phi) is 7.38. The van der Waals surface area contributed by atoms with Crippen LogP contribution in [0.3, 0.4) is 0 Å². The van der Waals surface area contributed by atoms with Crippen LogP contribution >= 0.6 is 11.3 Å². The van der Waals surface area contributed by atoms with Crippen LogP contribution in [0.5, 0.6) is 0 Å². The van der Waals surface area contributed by atoms with Crippen molar-refractivity contribution < 1.29 is 0 Å². The molecule has 0 radical (unpaired) electrons. The van der Waals surface area contributed by atoms with Gasteiger partial charge in [-0.15, -0.1) is 11.3 Å². The average molecular weight is 761 g/mol. The molecule has 0 N–H and O–H groups in total. The fourth-order valence-electron chi connectivity index (χ4n) is 9.84. The summed E-state index contributed by atoms with van der Waals surface area (Å²) in [6, 6.07) is 48.5. The molecule has 2 atom stereocenters. The van der Waals surface area contributed by atoms with E-state index in [0.29, 0.717) is 17.1 Å². The third-order valence-corrected chi connectivity index (χ3v) is 13.3. The summed E-state index contributed by atoms with van der Waals surface area (Å²) < 4.78 is 4.15. The van der Waals surface area contributed by atoms with Crippen LogP contribution in [0.2, 0.25) is 0 Å². The maximum atomic E-state index is 11.7. The number of fused-ring (bicyclic) bond motifs is 11. The Morgan fingerprint density at radius 3 is 1.52 bits per heavy atom. The topological polar surface area (TPSA) is 84.5 Å². The first-order chi connectivity index (χ1) is 28.6. The maximum absolute atomic E-state index is 11.7. The number of aryl methyl sites for hydroxylation is 1. The van der Waals surface area contributed by atoms with Gasteiger partial charge in [0.1, 0.15) is 34.9 Å². The molecule has 0 fully saturated rings. The van der Waals surface area contributed by atoms with Crippen LogP contribution in [0, 0.1) is 40.9 Å². The fourth-order valence-corrected chi connectivity index (χ4v) is 11.1. The van der Waals surface area contributed by atoms with Gasteiger partial charge in [-0.2, -0.15) is 15.8 Å².